The van der Waals surface area contributed by atoms with Crippen molar-refractivity contribution in [2.75, 3.05) is 7.11 Å². The van der Waals surface area contributed by atoms with Crippen molar-refractivity contribution in [3.8, 4) is 0 Å². The number of aromatic nitrogens is 3. The van der Waals surface area contributed by atoms with Gasteiger partial charge in [-0.1, -0.05) is 12.2 Å². The third-order valence-corrected chi connectivity index (χ3v) is 5.23. The summed E-state index contributed by atoms with van der Waals surface area (Å²) in [4.78, 5) is 38.5. The van der Waals surface area contributed by atoms with Gasteiger partial charge < -0.3 is 4.43 Å². The molecule has 0 spiro atoms. The molecule has 0 aliphatic heterocycles. The Morgan fingerprint density at radius 1 is 1.19 bits per heavy atom. The number of nitrogens with zero attached hydrogens (tertiary/aromatic N) is 1. The SMILES string of the molecule is C=CCC(CC=C)(CCn1c(=O)[nH]c(=O)[nH]c1=O)[SiH2]OC. The number of hydrogen-bond donors (Lipinski definition) is 2. The summed E-state index contributed by atoms with van der Waals surface area (Å²) < 4.78 is 6.39. The van der Waals surface area contributed by atoms with Gasteiger partial charge in [0.05, 0.1) is 0 Å². The van der Waals surface area contributed by atoms with Crippen molar-refractivity contribution >= 4 is 9.76 Å². The minimum absolute atomic E-state index is 0.139. The summed E-state index contributed by atoms with van der Waals surface area (Å²) in [5.41, 5.74) is -2.20. The molecular formula is C13H21N3O4Si. The highest BCUT2D eigenvalue weighted by Crippen LogP contribution is 2.39. The van der Waals surface area contributed by atoms with E-state index in [1.807, 2.05) is 22.1 Å². The highest BCUT2D eigenvalue weighted by atomic mass is 28.2. The Morgan fingerprint density at radius 3 is 2.14 bits per heavy atom. The van der Waals surface area contributed by atoms with Crippen LogP contribution in [0.2, 0.25) is 5.04 Å². The maximum atomic E-state index is 11.7. The minimum Gasteiger partial charge on any atom is -0.427 e. The Morgan fingerprint density at radius 2 is 1.71 bits per heavy atom. The summed E-state index contributed by atoms with van der Waals surface area (Å²) in [6.45, 7) is 7.73. The molecule has 0 aromatic carbocycles. The molecule has 1 aromatic rings. The highest BCUT2D eigenvalue weighted by Gasteiger charge is 2.28. The number of H-pyrrole nitrogens is 2. The summed E-state index contributed by atoms with van der Waals surface area (Å²) >= 11 is 0. The van der Waals surface area contributed by atoms with Gasteiger partial charge in [0, 0.05) is 13.7 Å². The second-order valence-electron chi connectivity index (χ2n) is 5.01. The molecule has 0 radical (unpaired) electrons. The van der Waals surface area contributed by atoms with Crippen molar-refractivity contribution in [2.45, 2.75) is 30.8 Å². The zero-order valence-electron chi connectivity index (χ0n) is 12.2. The van der Waals surface area contributed by atoms with Crippen molar-refractivity contribution in [3.05, 3.63) is 56.8 Å². The molecule has 0 fully saturated rings. The monoisotopic (exact) mass is 311 g/mol. The molecule has 1 rings (SSSR count). The van der Waals surface area contributed by atoms with Crippen molar-refractivity contribution in [2.24, 2.45) is 0 Å². The van der Waals surface area contributed by atoms with Crippen molar-refractivity contribution in [1.29, 1.82) is 0 Å². The van der Waals surface area contributed by atoms with Crippen LogP contribution in [0.3, 0.4) is 0 Å². The molecule has 0 saturated heterocycles. The molecule has 7 nitrogen and oxygen atoms in total. The molecule has 0 bridgehead atoms. The average molecular weight is 311 g/mol. The van der Waals surface area contributed by atoms with E-state index >= 15 is 0 Å². The molecule has 2 N–H and O–H groups in total. The lowest BCUT2D eigenvalue weighted by molar-refractivity contribution is 0.366. The smallest absolute Gasteiger partial charge is 0.333 e. The molecule has 0 amide bonds. The maximum Gasteiger partial charge on any atom is 0.333 e. The van der Waals surface area contributed by atoms with Crippen LogP contribution in [-0.4, -0.2) is 31.4 Å². The number of rotatable bonds is 9. The van der Waals surface area contributed by atoms with Gasteiger partial charge in [0.15, 0.2) is 9.76 Å². The van der Waals surface area contributed by atoms with E-state index in [9.17, 15) is 14.4 Å². The summed E-state index contributed by atoms with van der Waals surface area (Å²) in [7, 11) is 0.775. The molecular weight excluding hydrogens is 290 g/mol. The van der Waals surface area contributed by atoms with Crippen molar-refractivity contribution in [3.63, 3.8) is 0 Å². The number of allylic oxidation sites excluding steroid dienone is 2. The molecule has 8 heteroatoms. The van der Waals surface area contributed by atoms with E-state index < -0.39 is 26.8 Å². The first-order chi connectivity index (χ1) is 9.98. The van der Waals surface area contributed by atoms with Crippen LogP contribution >= 0.6 is 0 Å². The second kappa shape index (κ2) is 7.74. The zero-order chi connectivity index (χ0) is 15.9. The van der Waals surface area contributed by atoms with Crippen molar-refractivity contribution < 1.29 is 4.43 Å². The van der Waals surface area contributed by atoms with E-state index in [0.717, 1.165) is 17.4 Å². The van der Waals surface area contributed by atoms with E-state index in [1.54, 1.807) is 7.11 Å². The summed E-state index contributed by atoms with van der Waals surface area (Å²) in [6, 6.07) is 0. The van der Waals surface area contributed by atoms with Crippen LogP contribution in [-0.2, 0) is 11.0 Å². The van der Waals surface area contributed by atoms with Gasteiger partial charge in [-0.3, -0.25) is 9.97 Å². The predicted octanol–water partition coefficient (Wildman–Crippen LogP) is -0.344. The Hall–Kier alpha value is -1.93. The lowest BCUT2D eigenvalue weighted by Crippen LogP contribution is -2.43. The average Bonchev–Trinajstić information content (AvgIpc) is 2.38. The molecule has 0 aliphatic carbocycles. The Balaban J connectivity index is 3.03. The number of aromatic amines is 2. The van der Waals surface area contributed by atoms with Gasteiger partial charge in [0.2, 0.25) is 0 Å². The van der Waals surface area contributed by atoms with E-state index in [2.05, 4.69) is 13.2 Å². The van der Waals surface area contributed by atoms with Crippen LogP contribution in [0.25, 0.3) is 0 Å². The van der Waals surface area contributed by atoms with Gasteiger partial charge in [0.1, 0.15) is 0 Å². The molecule has 0 atom stereocenters. The fourth-order valence-electron chi connectivity index (χ4n) is 2.40. The Kier molecular flexibility index (Phi) is 6.31. The van der Waals surface area contributed by atoms with Crippen LogP contribution in [0.5, 0.6) is 0 Å². The third kappa shape index (κ3) is 4.54. The molecule has 21 heavy (non-hydrogen) atoms. The van der Waals surface area contributed by atoms with Crippen LogP contribution in [0.15, 0.2) is 39.7 Å². The number of nitrogens with one attached hydrogen (secondary N) is 2. The summed E-state index contributed by atoms with van der Waals surface area (Å²) in [5.74, 6) is 0. The van der Waals surface area contributed by atoms with Gasteiger partial charge in [-0.15, -0.1) is 13.2 Å². The highest BCUT2D eigenvalue weighted by molar-refractivity contribution is 6.32. The van der Waals surface area contributed by atoms with Gasteiger partial charge in [-0.05, 0) is 24.3 Å². The van der Waals surface area contributed by atoms with E-state index in [4.69, 9.17) is 4.43 Å². The van der Waals surface area contributed by atoms with Gasteiger partial charge in [0.25, 0.3) is 0 Å². The van der Waals surface area contributed by atoms with Crippen LogP contribution in [0, 0.1) is 0 Å². The number of hydrogen-bond acceptors (Lipinski definition) is 4. The normalized spacial score (nSPS) is 11.9. The topological polar surface area (TPSA) is 97.0 Å². The van der Waals surface area contributed by atoms with E-state index in [0.29, 0.717) is 6.42 Å². The predicted molar refractivity (Wildman–Crippen MR) is 84.4 cm³/mol. The molecule has 0 saturated carbocycles. The largest absolute Gasteiger partial charge is 0.427 e. The molecule has 0 aliphatic rings. The van der Waals surface area contributed by atoms with E-state index in [-0.39, 0.29) is 11.6 Å². The van der Waals surface area contributed by atoms with Gasteiger partial charge >= 0.3 is 17.1 Å². The molecule has 1 aromatic heterocycles. The quantitative estimate of drug-likeness (QED) is 0.481. The van der Waals surface area contributed by atoms with Crippen LogP contribution in [0.1, 0.15) is 19.3 Å². The fraction of sp³-hybridized carbons (Fsp3) is 0.462. The Bertz CT molecular complexity index is 614. The summed E-state index contributed by atoms with van der Waals surface area (Å²) in [5, 5.41) is -0.139. The first-order valence-electron chi connectivity index (χ1n) is 6.62. The second-order valence-corrected chi connectivity index (χ2v) is 7.38. The first kappa shape index (κ1) is 17.1. The Labute approximate surface area is 124 Å². The summed E-state index contributed by atoms with van der Waals surface area (Å²) in [6.07, 6.45) is 5.68. The van der Waals surface area contributed by atoms with Crippen molar-refractivity contribution in [1.82, 2.24) is 14.5 Å². The maximum absolute atomic E-state index is 11.7. The van der Waals surface area contributed by atoms with Gasteiger partial charge in [-0.25, -0.2) is 19.0 Å². The lowest BCUT2D eigenvalue weighted by atomic mass is 9.96. The fourth-order valence-corrected chi connectivity index (χ4v) is 3.96. The molecule has 116 valence electrons. The zero-order valence-corrected chi connectivity index (χ0v) is 13.6. The third-order valence-electron chi connectivity index (χ3n) is 3.40. The first-order valence-corrected chi connectivity index (χ1v) is 7.90. The van der Waals surface area contributed by atoms with Crippen LogP contribution < -0.4 is 17.1 Å². The van der Waals surface area contributed by atoms with Crippen LogP contribution in [0.4, 0.5) is 0 Å². The standard InChI is InChI=1S/C13H21N3O4Si/c1-4-6-13(7-5-2,21-20-3)8-9-16-11(18)14-10(17)15-12(16)19/h4-5H,1-2,6-9,21H2,3H3,(H2,14,15,17,18,19). The minimum atomic E-state index is -0.883. The van der Waals surface area contributed by atoms with Gasteiger partial charge in [-0.2, -0.15) is 0 Å². The van der Waals surface area contributed by atoms with E-state index in [1.165, 1.54) is 0 Å². The molecule has 1 heterocycles. The molecule has 0 unspecified atom stereocenters. The lowest BCUT2D eigenvalue weighted by Gasteiger charge is -2.30.